The topological polar surface area (TPSA) is 105 Å². The maximum absolute atomic E-state index is 10.9. The fourth-order valence-electron chi connectivity index (χ4n) is 3.68. The fourth-order valence-corrected chi connectivity index (χ4v) is 3.88. The van der Waals surface area contributed by atoms with Crippen molar-refractivity contribution in [3.05, 3.63) is 82.3 Å². The number of nitrogens with zero attached hydrogens (tertiary/aromatic N) is 2. The van der Waals surface area contributed by atoms with E-state index in [9.17, 15) is 9.90 Å². The molecule has 1 aliphatic carbocycles. The van der Waals surface area contributed by atoms with Crippen LogP contribution in [0.4, 0.5) is 0 Å². The van der Waals surface area contributed by atoms with Crippen molar-refractivity contribution in [1.29, 1.82) is 0 Å². The number of aliphatic hydroxyl groups is 1. The molecule has 0 amide bonds. The van der Waals surface area contributed by atoms with E-state index in [0.29, 0.717) is 17.3 Å². The minimum Gasteiger partial charge on any atom is -0.476 e. The fraction of sp³-hybridized carbons (Fsp3) is 0.261. The van der Waals surface area contributed by atoms with Gasteiger partial charge in [0.25, 0.3) is 0 Å². The van der Waals surface area contributed by atoms with Crippen LogP contribution in [-0.2, 0) is 12.8 Å². The van der Waals surface area contributed by atoms with Crippen LogP contribution in [0.15, 0.2) is 54.9 Å². The summed E-state index contributed by atoms with van der Waals surface area (Å²) in [6.45, 7) is 0.446. The average molecular weight is 476 g/mol. The number of carbonyl (C=O) groups is 1. The van der Waals surface area contributed by atoms with Crippen LogP contribution >= 0.6 is 24.0 Å². The number of aliphatic hydroxyl groups excluding tert-OH is 1. The smallest absolute Gasteiger partial charge is 0.356 e. The number of aromatic carboxylic acids is 1. The first-order valence-electron chi connectivity index (χ1n) is 10.00. The summed E-state index contributed by atoms with van der Waals surface area (Å²) in [5, 5.41) is 23.4. The molecule has 0 radical (unpaired) electrons. The van der Waals surface area contributed by atoms with Crippen molar-refractivity contribution in [2.75, 3.05) is 6.54 Å². The van der Waals surface area contributed by atoms with E-state index in [1.54, 1.807) is 12.1 Å². The molecule has 0 spiro atoms. The van der Waals surface area contributed by atoms with Crippen molar-refractivity contribution in [2.45, 2.75) is 31.4 Å². The van der Waals surface area contributed by atoms with Crippen LogP contribution in [-0.4, -0.2) is 38.7 Å². The van der Waals surface area contributed by atoms with Gasteiger partial charge in [0, 0.05) is 17.6 Å². The third-order valence-electron chi connectivity index (χ3n) is 5.31. The van der Waals surface area contributed by atoms with Gasteiger partial charge in [-0.25, -0.2) is 14.8 Å². The SMILES string of the molecule is Cl.O=C(O)c1cnc(Oc2ccc3c(c2)C[C@@H](NC[C@@H](O)c2cccc(Cl)c2)CC3)cn1. The first kappa shape index (κ1) is 23.9. The van der Waals surface area contributed by atoms with Gasteiger partial charge in [0.2, 0.25) is 5.88 Å². The van der Waals surface area contributed by atoms with Crippen LogP contribution < -0.4 is 10.1 Å². The Labute approximate surface area is 196 Å². The van der Waals surface area contributed by atoms with Crippen LogP contribution in [0.25, 0.3) is 0 Å². The zero-order chi connectivity index (χ0) is 21.8. The Morgan fingerprint density at radius 3 is 2.75 bits per heavy atom. The van der Waals surface area contributed by atoms with Gasteiger partial charge in [0.15, 0.2) is 5.69 Å². The molecule has 1 aromatic heterocycles. The van der Waals surface area contributed by atoms with Gasteiger partial charge in [-0.3, -0.25) is 0 Å². The summed E-state index contributed by atoms with van der Waals surface area (Å²) < 4.78 is 5.74. The van der Waals surface area contributed by atoms with E-state index in [2.05, 4.69) is 15.3 Å². The van der Waals surface area contributed by atoms with Gasteiger partial charge in [-0.2, -0.15) is 0 Å². The Balaban J connectivity index is 0.00000289. The van der Waals surface area contributed by atoms with Gasteiger partial charge in [0.05, 0.1) is 18.5 Å². The summed E-state index contributed by atoms with van der Waals surface area (Å²) in [6.07, 6.45) is 4.58. The van der Waals surface area contributed by atoms with Crippen LogP contribution in [0.3, 0.4) is 0 Å². The zero-order valence-corrected chi connectivity index (χ0v) is 18.6. The first-order chi connectivity index (χ1) is 15.0. The molecule has 2 aromatic carbocycles. The van der Waals surface area contributed by atoms with E-state index in [1.807, 2.05) is 30.3 Å². The Hall–Kier alpha value is -2.71. The molecule has 7 nitrogen and oxygen atoms in total. The van der Waals surface area contributed by atoms with Crippen molar-refractivity contribution in [1.82, 2.24) is 15.3 Å². The number of aryl methyl sites for hydroxylation is 1. The summed E-state index contributed by atoms with van der Waals surface area (Å²) in [7, 11) is 0. The lowest BCUT2D eigenvalue weighted by atomic mass is 9.88. The number of halogens is 2. The van der Waals surface area contributed by atoms with Gasteiger partial charge in [-0.1, -0.05) is 29.8 Å². The molecule has 4 rings (SSSR count). The lowest BCUT2D eigenvalue weighted by Crippen LogP contribution is -2.37. The highest BCUT2D eigenvalue weighted by atomic mass is 35.5. The first-order valence-corrected chi connectivity index (χ1v) is 10.4. The molecule has 1 heterocycles. The van der Waals surface area contributed by atoms with Crippen LogP contribution in [0.1, 0.15) is 39.7 Å². The van der Waals surface area contributed by atoms with Crippen molar-refractivity contribution in [3.8, 4) is 11.6 Å². The molecule has 2 atom stereocenters. The zero-order valence-electron chi connectivity index (χ0n) is 17.1. The predicted molar refractivity (Wildman–Crippen MR) is 123 cm³/mol. The number of hydrogen-bond donors (Lipinski definition) is 3. The maximum Gasteiger partial charge on any atom is 0.356 e. The standard InChI is InChI=1S/C23H22ClN3O4.ClH/c24-17-3-1-2-15(8-17)21(28)12-25-18-6-4-14-5-7-19(10-16(14)9-18)31-22-13-26-20(11-27-22)23(29)30;/h1-3,5,7-8,10-11,13,18,21,25,28H,4,6,9,12H2,(H,29,30);1H/t18-,21+;/m0./s1. The molecule has 9 heteroatoms. The van der Waals surface area contributed by atoms with E-state index < -0.39 is 12.1 Å². The minimum atomic E-state index is -1.13. The lowest BCUT2D eigenvalue weighted by Gasteiger charge is -2.27. The monoisotopic (exact) mass is 475 g/mol. The molecule has 0 aliphatic heterocycles. The Morgan fingerprint density at radius 1 is 1.19 bits per heavy atom. The molecular weight excluding hydrogens is 453 g/mol. The molecule has 0 bridgehead atoms. The summed E-state index contributed by atoms with van der Waals surface area (Å²) >= 11 is 6.01. The largest absolute Gasteiger partial charge is 0.476 e. The van der Waals surface area contributed by atoms with Gasteiger partial charge in [0.1, 0.15) is 5.75 Å². The Bertz CT molecular complexity index is 1080. The van der Waals surface area contributed by atoms with Gasteiger partial charge < -0.3 is 20.3 Å². The third kappa shape index (κ3) is 5.95. The second-order valence-corrected chi connectivity index (χ2v) is 7.93. The number of nitrogens with one attached hydrogen (secondary N) is 1. The molecule has 3 aromatic rings. The van der Waals surface area contributed by atoms with Crippen LogP contribution in [0, 0.1) is 0 Å². The predicted octanol–water partition coefficient (Wildman–Crippen LogP) is 4.22. The molecule has 1 aliphatic rings. The van der Waals surface area contributed by atoms with E-state index in [1.165, 1.54) is 23.5 Å². The molecule has 0 fully saturated rings. The average Bonchev–Trinajstić information content (AvgIpc) is 2.77. The summed E-state index contributed by atoms with van der Waals surface area (Å²) in [5.41, 5.74) is 3.11. The maximum atomic E-state index is 10.9. The highest BCUT2D eigenvalue weighted by Gasteiger charge is 2.20. The second-order valence-electron chi connectivity index (χ2n) is 7.50. The summed E-state index contributed by atoms with van der Waals surface area (Å²) in [4.78, 5) is 18.7. The Morgan fingerprint density at radius 2 is 2.03 bits per heavy atom. The van der Waals surface area contributed by atoms with Gasteiger partial charge >= 0.3 is 5.97 Å². The summed E-state index contributed by atoms with van der Waals surface area (Å²) in [6, 6.07) is 13.4. The highest BCUT2D eigenvalue weighted by Crippen LogP contribution is 2.28. The van der Waals surface area contributed by atoms with Crippen molar-refractivity contribution < 1.29 is 19.7 Å². The Kier molecular flexibility index (Phi) is 8.04. The molecule has 168 valence electrons. The number of aromatic nitrogens is 2. The number of carboxylic acids is 1. The van der Waals surface area contributed by atoms with Gasteiger partial charge in [-0.05, 0) is 60.2 Å². The van der Waals surface area contributed by atoms with E-state index in [-0.39, 0.29) is 30.0 Å². The van der Waals surface area contributed by atoms with Crippen LogP contribution in [0.2, 0.25) is 5.02 Å². The second kappa shape index (κ2) is 10.7. The molecule has 0 saturated carbocycles. The highest BCUT2D eigenvalue weighted by molar-refractivity contribution is 6.30. The molecule has 0 saturated heterocycles. The van der Waals surface area contributed by atoms with E-state index in [0.717, 1.165) is 24.8 Å². The number of rotatable bonds is 7. The number of carboxylic acid groups (broad SMARTS) is 1. The minimum absolute atomic E-state index is 0. The van der Waals surface area contributed by atoms with Gasteiger partial charge in [-0.15, -0.1) is 12.4 Å². The number of fused-ring (bicyclic) bond motifs is 1. The molecule has 0 unspecified atom stereocenters. The number of ether oxygens (including phenoxy) is 1. The van der Waals surface area contributed by atoms with Crippen molar-refractivity contribution in [2.24, 2.45) is 0 Å². The van der Waals surface area contributed by atoms with Crippen molar-refractivity contribution in [3.63, 3.8) is 0 Å². The van der Waals surface area contributed by atoms with Crippen LogP contribution in [0.5, 0.6) is 11.6 Å². The number of hydrogen-bond acceptors (Lipinski definition) is 6. The molecular formula is C23H23Cl2N3O4. The molecule has 3 N–H and O–H groups in total. The molecule has 32 heavy (non-hydrogen) atoms. The van der Waals surface area contributed by atoms with Crippen molar-refractivity contribution >= 4 is 30.0 Å². The summed E-state index contributed by atoms with van der Waals surface area (Å²) in [5.74, 6) is -0.275. The van der Waals surface area contributed by atoms with E-state index >= 15 is 0 Å². The quantitative estimate of drug-likeness (QED) is 0.469. The normalized spacial score (nSPS) is 15.9. The lowest BCUT2D eigenvalue weighted by molar-refractivity contribution is 0.0690. The third-order valence-corrected chi connectivity index (χ3v) is 5.54. The number of benzene rings is 2. The van der Waals surface area contributed by atoms with E-state index in [4.69, 9.17) is 21.4 Å².